The maximum Gasteiger partial charge on any atom is 0.159 e. The molecule has 0 amide bonds. The highest BCUT2D eigenvalue weighted by atomic mass is 16.1. The number of allylic oxidation sites excluding steroid dienone is 3. The van der Waals surface area contributed by atoms with E-state index in [-0.39, 0.29) is 11.2 Å². The van der Waals surface area contributed by atoms with Gasteiger partial charge in [-0.05, 0) is 49.5 Å². The van der Waals surface area contributed by atoms with Gasteiger partial charge in [0.05, 0.1) is 0 Å². The van der Waals surface area contributed by atoms with E-state index in [1.807, 2.05) is 6.42 Å². The first-order valence-corrected chi connectivity index (χ1v) is 5.77. The van der Waals surface area contributed by atoms with Gasteiger partial charge in [0.15, 0.2) is 5.78 Å². The van der Waals surface area contributed by atoms with Crippen molar-refractivity contribution in [2.45, 2.75) is 33.1 Å². The van der Waals surface area contributed by atoms with E-state index in [1.54, 1.807) is 6.08 Å². The van der Waals surface area contributed by atoms with Crippen molar-refractivity contribution in [3.63, 3.8) is 0 Å². The van der Waals surface area contributed by atoms with Gasteiger partial charge < -0.3 is 0 Å². The zero-order chi connectivity index (χ0) is 11.1. The molecule has 1 fully saturated rings. The first-order valence-electron chi connectivity index (χ1n) is 5.77. The molecular weight excluding hydrogens is 184 g/mol. The van der Waals surface area contributed by atoms with Crippen LogP contribution in [0.4, 0.5) is 0 Å². The molecule has 1 radical (unpaired) electrons. The summed E-state index contributed by atoms with van der Waals surface area (Å²) in [7, 11) is 0. The van der Waals surface area contributed by atoms with Crippen LogP contribution in [0.3, 0.4) is 0 Å². The Kier molecular flexibility index (Phi) is 2.57. The van der Waals surface area contributed by atoms with Gasteiger partial charge in [-0.2, -0.15) is 0 Å². The summed E-state index contributed by atoms with van der Waals surface area (Å²) in [6.45, 7) is 8.34. The average Bonchev–Trinajstić information content (AvgIpc) is 2.58. The Balaban J connectivity index is 2.19. The number of carbonyl (C=O) groups is 1. The van der Waals surface area contributed by atoms with Gasteiger partial charge in [-0.25, -0.2) is 0 Å². The minimum absolute atomic E-state index is 0.173. The highest BCUT2D eigenvalue weighted by molar-refractivity contribution is 5.98. The molecule has 0 aromatic rings. The molecule has 1 heteroatoms. The molecule has 1 nitrogen and oxygen atoms in total. The Morgan fingerprint density at radius 2 is 2.33 bits per heavy atom. The lowest BCUT2D eigenvalue weighted by atomic mass is 9.69. The van der Waals surface area contributed by atoms with Crippen molar-refractivity contribution in [3.05, 3.63) is 30.7 Å². The molecule has 2 aliphatic rings. The van der Waals surface area contributed by atoms with Gasteiger partial charge in [-0.1, -0.05) is 25.2 Å². The molecule has 0 saturated heterocycles. The second-order valence-electron chi connectivity index (χ2n) is 5.21. The summed E-state index contributed by atoms with van der Waals surface area (Å²) in [5.41, 5.74) is 1.54. The Morgan fingerprint density at radius 3 is 2.87 bits per heavy atom. The fraction of sp³-hybridized carbons (Fsp3) is 0.571. The monoisotopic (exact) mass is 203 g/mol. The van der Waals surface area contributed by atoms with Gasteiger partial charge in [-0.15, -0.1) is 0 Å². The predicted molar refractivity (Wildman–Crippen MR) is 62.2 cm³/mol. The topological polar surface area (TPSA) is 17.1 Å². The van der Waals surface area contributed by atoms with Crippen LogP contribution in [-0.4, -0.2) is 5.78 Å². The van der Waals surface area contributed by atoms with Gasteiger partial charge in [-0.3, -0.25) is 4.79 Å². The summed E-state index contributed by atoms with van der Waals surface area (Å²) >= 11 is 0. The first-order chi connectivity index (χ1) is 7.03. The molecule has 0 aromatic heterocycles. The predicted octanol–water partition coefficient (Wildman–Crippen LogP) is 3.33. The molecule has 0 aromatic carbocycles. The molecule has 81 valence electrons. The SMILES string of the molecule is C=C(C)[C@@H]1CC[C@]2(C=CC(=O)[CH][C@H]2C)C1. The molecule has 1 spiro atoms. The van der Waals surface area contributed by atoms with E-state index in [0.717, 1.165) is 0 Å². The standard InChI is InChI=1S/C14H19O/c1-10(2)12-4-6-14(9-12)7-5-13(15)8-11(14)3/h5,7-8,11-12H,1,4,6,9H2,2-3H3/t11-,12-,14+/m1/s1. The fourth-order valence-corrected chi connectivity index (χ4v) is 2.96. The Labute approximate surface area is 92.3 Å². The minimum atomic E-state index is 0.173. The van der Waals surface area contributed by atoms with Crippen LogP contribution in [0, 0.1) is 23.7 Å². The number of rotatable bonds is 1. The van der Waals surface area contributed by atoms with E-state index in [9.17, 15) is 4.79 Å². The lowest BCUT2D eigenvalue weighted by Crippen LogP contribution is -2.29. The highest BCUT2D eigenvalue weighted by Crippen LogP contribution is 2.52. The molecule has 3 atom stereocenters. The summed E-state index contributed by atoms with van der Waals surface area (Å²) in [5, 5.41) is 0. The molecule has 0 bridgehead atoms. The lowest BCUT2D eigenvalue weighted by Gasteiger charge is -2.35. The number of hydrogen-bond donors (Lipinski definition) is 0. The zero-order valence-corrected chi connectivity index (χ0v) is 9.62. The van der Waals surface area contributed by atoms with Gasteiger partial charge >= 0.3 is 0 Å². The van der Waals surface area contributed by atoms with Crippen LogP contribution in [0.5, 0.6) is 0 Å². The second-order valence-corrected chi connectivity index (χ2v) is 5.21. The third-order valence-corrected chi connectivity index (χ3v) is 4.18. The molecule has 2 rings (SSSR count). The molecule has 1 saturated carbocycles. The van der Waals surface area contributed by atoms with Crippen molar-refractivity contribution in [1.82, 2.24) is 0 Å². The van der Waals surface area contributed by atoms with Crippen molar-refractivity contribution < 1.29 is 4.79 Å². The molecule has 0 heterocycles. The zero-order valence-electron chi connectivity index (χ0n) is 9.62. The summed E-state index contributed by atoms with van der Waals surface area (Å²) in [6, 6.07) is 0. The summed E-state index contributed by atoms with van der Waals surface area (Å²) in [4.78, 5) is 11.3. The molecular formula is C14H19O. The summed E-state index contributed by atoms with van der Waals surface area (Å²) < 4.78 is 0. The van der Waals surface area contributed by atoms with Crippen molar-refractivity contribution in [3.8, 4) is 0 Å². The third kappa shape index (κ3) is 1.80. The normalized spacial score (nSPS) is 40.0. The maximum absolute atomic E-state index is 11.3. The minimum Gasteiger partial charge on any atom is -0.295 e. The van der Waals surface area contributed by atoms with Crippen molar-refractivity contribution >= 4 is 5.78 Å². The van der Waals surface area contributed by atoms with Crippen LogP contribution in [0.25, 0.3) is 0 Å². The van der Waals surface area contributed by atoms with E-state index < -0.39 is 0 Å². The van der Waals surface area contributed by atoms with E-state index in [0.29, 0.717) is 11.8 Å². The maximum atomic E-state index is 11.3. The van der Waals surface area contributed by atoms with Gasteiger partial charge in [0, 0.05) is 6.42 Å². The largest absolute Gasteiger partial charge is 0.295 e. The van der Waals surface area contributed by atoms with E-state index in [1.165, 1.54) is 24.8 Å². The fourth-order valence-electron chi connectivity index (χ4n) is 2.96. The number of carbonyl (C=O) groups excluding carboxylic acids is 1. The van der Waals surface area contributed by atoms with Crippen LogP contribution in [0.2, 0.25) is 0 Å². The molecule has 0 N–H and O–H groups in total. The van der Waals surface area contributed by atoms with Crippen LogP contribution < -0.4 is 0 Å². The van der Waals surface area contributed by atoms with Gasteiger partial charge in [0.2, 0.25) is 0 Å². The van der Waals surface area contributed by atoms with E-state index in [2.05, 4.69) is 26.5 Å². The number of ketones is 1. The second kappa shape index (κ2) is 3.62. The van der Waals surface area contributed by atoms with Crippen LogP contribution in [-0.2, 0) is 4.79 Å². The number of hydrogen-bond acceptors (Lipinski definition) is 1. The average molecular weight is 203 g/mol. The van der Waals surface area contributed by atoms with Crippen LogP contribution in [0.1, 0.15) is 33.1 Å². The Hall–Kier alpha value is -0.850. The molecule has 2 aliphatic carbocycles. The summed E-state index contributed by atoms with van der Waals surface area (Å²) in [6.07, 6.45) is 9.38. The smallest absolute Gasteiger partial charge is 0.159 e. The third-order valence-electron chi connectivity index (χ3n) is 4.18. The van der Waals surface area contributed by atoms with Crippen LogP contribution in [0.15, 0.2) is 24.3 Å². The van der Waals surface area contributed by atoms with Crippen molar-refractivity contribution in [2.24, 2.45) is 17.3 Å². The van der Waals surface area contributed by atoms with Gasteiger partial charge in [0.1, 0.15) is 0 Å². The molecule has 0 unspecified atom stereocenters. The highest BCUT2D eigenvalue weighted by Gasteiger charge is 2.43. The quantitative estimate of drug-likeness (QED) is 0.597. The van der Waals surface area contributed by atoms with E-state index >= 15 is 0 Å². The summed E-state index contributed by atoms with van der Waals surface area (Å²) in [5.74, 6) is 1.21. The first kappa shape index (κ1) is 10.7. The van der Waals surface area contributed by atoms with Gasteiger partial charge in [0.25, 0.3) is 0 Å². The molecule has 15 heavy (non-hydrogen) atoms. The van der Waals surface area contributed by atoms with Crippen LogP contribution >= 0.6 is 0 Å². The Morgan fingerprint density at radius 1 is 1.60 bits per heavy atom. The van der Waals surface area contributed by atoms with E-state index in [4.69, 9.17) is 0 Å². The Bertz CT molecular complexity index is 326. The lowest BCUT2D eigenvalue weighted by molar-refractivity contribution is -0.113. The van der Waals surface area contributed by atoms with Crippen molar-refractivity contribution in [2.75, 3.05) is 0 Å². The molecule has 0 aliphatic heterocycles. The van der Waals surface area contributed by atoms with Crippen molar-refractivity contribution in [1.29, 1.82) is 0 Å².